The van der Waals surface area contributed by atoms with Crippen molar-refractivity contribution >= 4 is 25.7 Å². The zero-order chi connectivity index (χ0) is 45.9. The highest BCUT2D eigenvalue weighted by Gasteiger charge is 2.28. The zero-order valence-electron chi connectivity index (χ0n) is 37.9. The molecule has 1 unspecified atom stereocenters. The number of aliphatic hydroxyl groups excluding tert-OH is 2. The van der Waals surface area contributed by atoms with Crippen molar-refractivity contribution in [2.75, 3.05) is 19.8 Å². The number of allylic oxidation sites excluding steroid dienone is 8. The van der Waals surface area contributed by atoms with Crippen LogP contribution in [0.4, 0.5) is 0 Å². The minimum Gasteiger partial charge on any atom is -0.480 e. The number of hydrogen-bond acceptors (Lipinski definition) is 11. The Bertz CT molecular complexity index is 1360. The average molecular weight is 896 g/mol. The minimum atomic E-state index is -4.77. The molecule has 0 bridgehead atoms. The van der Waals surface area contributed by atoms with Gasteiger partial charge in [0.05, 0.1) is 25.4 Å². The summed E-state index contributed by atoms with van der Waals surface area (Å²) >= 11 is 0. The van der Waals surface area contributed by atoms with Crippen LogP contribution in [0.15, 0.2) is 72.9 Å². The Hall–Kier alpha value is -3.16. The van der Waals surface area contributed by atoms with Crippen LogP contribution in [0, 0.1) is 0 Å². The molecule has 0 rings (SSSR count). The zero-order valence-corrected chi connectivity index (χ0v) is 38.8. The molecule has 0 aliphatic heterocycles. The third-order valence-electron chi connectivity index (χ3n) is 9.64. The van der Waals surface area contributed by atoms with Gasteiger partial charge in [0, 0.05) is 12.8 Å². The van der Waals surface area contributed by atoms with Crippen LogP contribution in [0.2, 0.25) is 0 Å². The van der Waals surface area contributed by atoms with E-state index in [2.05, 4.69) is 11.4 Å². The first kappa shape index (κ1) is 58.8. The Morgan fingerprint density at radius 2 is 1.15 bits per heavy atom. The molecule has 0 aliphatic rings. The number of phosphoric ester groups is 1. The van der Waals surface area contributed by atoms with E-state index in [0.29, 0.717) is 32.1 Å². The van der Waals surface area contributed by atoms with Gasteiger partial charge in [0.1, 0.15) is 12.6 Å². The Kier molecular flexibility index (Phi) is 39.7. The number of nitrogens with two attached hydrogens (primary N) is 1. The lowest BCUT2D eigenvalue weighted by Crippen LogP contribution is -2.34. The van der Waals surface area contributed by atoms with Gasteiger partial charge < -0.3 is 35.4 Å². The fourth-order valence-corrected chi connectivity index (χ4v) is 6.76. The van der Waals surface area contributed by atoms with E-state index in [4.69, 9.17) is 24.8 Å². The molecule has 0 aromatic heterocycles. The Morgan fingerprint density at radius 1 is 0.613 bits per heavy atom. The van der Waals surface area contributed by atoms with Gasteiger partial charge in [-0.25, -0.2) is 4.57 Å². The van der Waals surface area contributed by atoms with Crippen LogP contribution >= 0.6 is 7.82 Å². The van der Waals surface area contributed by atoms with Gasteiger partial charge >= 0.3 is 25.7 Å². The molecule has 0 aromatic rings. The second-order valence-electron chi connectivity index (χ2n) is 15.6. The standard InChI is InChI=1S/C48H82NO12P/c1-3-5-7-8-9-10-11-12-13-14-15-16-17-18-22-25-31-38-47(53)61-44(40-59-62(56,57)60-41-45(49)48(54)55)39-58-46(52)37-32-26-30-36-43(51)35-29-24-21-19-20-23-28-34-42(50)33-27-6-4-2/h6,20-21,23-24,27-30,34-36,42-45,50-51H,3-5,7-19,22,25-26,31-33,37-41,49H2,1-2H3,(H,54,55)(H,56,57)/b23-20-,24-21-,27-6-,34-28+,35-29+,36-30-/t42-,43-,44-,45+/m1/s1. The van der Waals surface area contributed by atoms with Crippen molar-refractivity contribution in [1.29, 1.82) is 0 Å². The molecule has 0 fully saturated rings. The van der Waals surface area contributed by atoms with Gasteiger partial charge in [0.15, 0.2) is 6.10 Å². The van der Waals surface area contributed by atoms with Crippen molar-refractivity contribution in [3.63, 3.8) is 0 Å². The third kappa shape index (κ3) is 40.9. The summed E-state index contributed by atoms with van der Waals surface area (Å²) in [5, 5.41) is 28.9. The first-order valence-corrected chi connectivity index (χ1v) is 24.7. The summed E-state index contributed by atoms with van der Waals surface area (Å²) in [5.74, 6) is -2.59. The summed E-state index contributed by atoms with van der Waals surface area (Å²) in [4.78, 5) is 46.0. The molecule has 6 N–H and O–H groups in total. The van der Waals surface area contributed by atoms with Gasteiger partial charge in [-0.15, -0.1) is 0 Å². The van der Waals surface area contributed by atoms with Crippen molar-refractivity contribution in [3.8, 4) is 0 Å². The third-order valence-corrected chi connectivity index (χ3v) is 10.6. The number of phosphoric acid groups is 1. The van der Waals surface area contributed by atoms with Crippen LogP contribution in [0.5, 0.6) is 0 Å². The van der Waals surface area contributed by atoms with Crippen molar-refractivity contribution in [3.05, 3.63) is 72.9 Å². The highest BCUT2D eigenvalue weighted by Crippen LogP contribution is 2.43. The van der Waals surface area contributed by atoms with E-state index in [1.54, 1.807) is 30.4 Å². The highest BCUT2D eigenvalue weighted by atomic mass is 31.2. The monoisotopic (exact) mass is 896 g/mol. The van der Waals surface area contributed by atoms with Gasteiger partial charge in [0.25, 0.3) is 0 Å². The number of carboxylic acid groups (broad SMARTS) is 1. The van der Waals surface area contributed by atoms with Crippen molar-refractivity contribution in [2.45, 2.75) is 192 Å². The summed E-state index contributed by atoms with van der Waals surface area (Å²) in [5.41, 5.74) is 5.33. The number of carbonyl (C=O) groups is 3. The Balaban J connectivity index is 4.56. The lowest BCUT2D eigenvalue weighted by molar-refractivity contribution is -0.161. The number of unbranched alkanes of at least 4 members (excludes halogenated alkanes) is 17. The lowest BCUT2D eigenvalue weighted by Gasteiger charge is -2.20. The smallest absolute Gasteiger partial charge is 0.472 e. The molecule has 0 saturated heterocycles. The minimum absolute atomic E-state index is 0.0338. The van der Waals surface area contributed by atoms with Crippen LogP contribution in [-0.2, 0) is 37.5 Å². The summed E-state index contributed by atoms with van der Waals surface area (Å²) in [6.45, 7) is 2.43. The second kappa shape index (κ2) is 41.8. The molecule has 0 aliphatic carbocycles. The molecule has 356 valence electrons. The van der Waals surface area contributed by atoms with E-state index >= 15 is 0 Å². The predicted octanol–water partition coefficient (Wildman–Crippen LogP) is 10.4. The number of carboxylic acids is 1. The van der Waals surface area contributed by atoms with Crippen molar-refractivity contribution in [2.24, 2.45) is 5.73 Å². The Labute approximate surface area is 373 Å². The number of rotatable bonds is 42. The summed E-state index contributed by atoms with van der Waals surface area (Å²) in [7, 11) is -4.77. The maximum absolute atomic E-state index is 12.7. The quantitative estimate of drug-likeness (QED) is 0.0127. The fourth-order valence-electron chi connectivity index (χ4n) is 5.98. The molecule has 0 heterocycles. The maximum Gasteiger partial charge on any atom is 0.472 e. The molecule has 0 saturated carbocycles. The van der Waals surface area contributed by atoms with Crippen LogP contribution in [-0.4, -0.2) is 82.3 Å². The van der Waals surface area contributed by atoms with E-state index in [1.807, 2.05) is 49.5 Å². The van der Waals surface area contributed by atoms with E-state index < -0.39 is 69.9 Å². The Morgan fingerprint density at radius 3 is 1.71 bits per heavy atom. The normalized spacial score (nSPS) is 15.3. The van der Waals surface area contributed by atoms with Gasteiger partial charge in [-0.3, -0.25) is 23.4 Å². The summed E-state index contributed by atoms with van der Waals surface area (Å²) in [6.07, 6.45) is 43.2. The van der Waals surface area contributed by atoms with E-state index in [1.165, 1.54) is 83.5 Å². The average Bonchev–Trinajstić information content (AvgIpc) is 3.24. The van der Waals surface area contributed by atoms with Crippen molar-refractivity contribution in [1.82, 2.24) is 0 Å². The predicted molar refractivity (Wildman–Crippen MR) is 247 cm³/mol. The summed E-state index contributed by atoms with van der Waals surface area (Å²) in [6, 6.07) is -1.55. The first-order chi connectivity index (χ1) is 29.9. The maximum atomic E-state index is 12.7. The van der Waals surface area contributed by atoms with E-state index in [0.717, 1.165) is 25.7 Å². The molecular formula is C48H82NO12P. The van der Waals surface area contributed by atoms with Gasteiger partial charge in [0.2, 0.25) is 0 Å². The number of ether oxygens (including phenoxy) is 2. The highest BCUT2D eigenvalue weighted by molar-refractivity contribution is 7.47. The van der Waals surface area contributed by atoms with Gasteiger partial charge in [-0.05, 0) is 38.5 Å². The summed E-state index contributed by atoms with van der Waals surface area (Å²) < 4.78 is 32.6. The number of aliphatic hydroxyl groups is 2. The largest absolute Gasteiger partial charge is 0.480 e. The molecule has 0 spiro atoms. The van der Waals surface area contributed by atoms with Crippen LogP contribution in [0.25, 0.3) is 0 Å². The fraction of sp³-hybridized carbons (Fsp3) is 0.688. The number of aliphatic carboxylic acids is 1. The first-order valence-electron chi connectivity index (χ1n) is 23.2. The van der Waals surface area contributed by atoms with E-state index in [-0.39, 0.29) is 12.8 Å². The molecule has 0 aromatic carbocycles. The van der Waals surface area contributed by atoms with Crippen LogP contribution in [0.3, 0.4) is 0 Å². The number of esters is 2. The molecule has 62 heavy (non-hydrogen) atoms. The molecular weight excluding hydrogens is 813 g/mol. The van der Waals surface area contributed by atoms with Gasteiger partial charge in [-0.1, -0.05) is 189 Å². The molecule has 0 amide bonds. The lowest BCUT2D eigenvalue weighted by atomic mass is 10.0. The number of hydrogen-bond donors (Lipinski definition) is 5. The molecule has 0 radical (unpaired) electrons. The molecule has 14 heteroatoms. The van der Waals surface area contributed by atoms with Crippen LogP contribution < -0.4 is 5.73 Å². The van der Waals surface area contributed by atoms with Crippen LogP contribution in [0.1, 0.15) is 168 Å². The molecule has 13 nitrogen and oxygen atoms in total. The SMILES string of the molecule is CC/C=C\C[C@@H](O)/C=C/C=C\C/C=C\C=C\[C@@H](O)/C=C\CCCC(=O)OC[C@H](COP(=O)(O)OC[C@H](N)C(=O)O)OC(=O)CCCCCCCCCCCCCCCCCCC. The molecule has 5 atom stereocenters. The second-order valence-corrected chi connectivity index (χ2v) is 17.0. The number of carbonyl (C=O) groups excluding carboxylic acids is 2. The van der Waals surface area contributed by atoms with Crippen molar-refractivity contribution < 1.29 is 57.7 Å². The topological polar surface area (TPSA) is 212 Å². The van der Waals surface area contributed by atoms with Gasteiger partial charge in [-0.2, -0.15) is 0 Å². The van der Waals surface area contributed by atoms with E-state index in [9.17, 15) is 34.1 Å².